The topological polar surface area (TPSA) is 80.7 Å². The summed E-state index contributed by atoms with van der Waals surface area (Å²) in [7, 11) is 0. The Kier molecular flexibility index (Phi) is 6.24. The van der Waals surface area contributed by atoms with Crippen LogP contribution in [0.4, 0.5) is 0 Å². The van der Waals surface area contributed by atoms with Crippen LogP contribution in [0.15, 0.2) is 0 Å². The van der Waals surface area contributed by atoms with E-state index in [4.69, 9.17) is 19.0 Å². The van der Waals surface area contributed by atoms with Crippen LogP contribution < -0.4 is 0 Å². The van der Waals surface area contributed by atoms with Crippen molar-refractivity contribution in [3.8, 4) is 0 Å². The summed E-state index contributed by atoms with van der Waals surface area (Å²) in [6.45, 7) is 18.8. The molecular weight excluding hydrogens is 424 g/mol. The number of ether oxygens (including phenoxy) is 3. The molecular formula is C25H44N2O6. The highest BCUT2D eigenvalue weighted by Gasteiger charge is 2.65. The lowest BCUT2D eigenvalue weighted by Gasteiger charge is -2.52. The molecule has 33 heavy (non-hydrogen) atoms. The minimum Gasteiger partial charge on any atom is -0.458 e. The summed E-state index contributed by atoms with van der Waals surface area (Å²) in [6.07, 6.45) is 2.00. The summed E-state index contributed by atoms with van der Waals surface area (Å²) in [5.41, 5.74) is -0.826. The van der Waals surface area contributed by atoms with E-state index < -0.39 is 35.6 Å². The van der Waals surface area contributed by atoms with Crippen molar-refractivity contribution in [2.24, 2.45) is 0 Å². The average Bonchev–Trinajstić information content (AvgIpc) is 3.24. The number of carbonyl (C=O) groups is 1. The van der Waals surface area contributed by atoms with Gasteiger partial charge in [0.25, 0.3) is 0 Å². The predicted octanol–water partition coefficient (Wildman–Crippen LogP) is 3.01. The third-order valence-electron chi connectivity index (χ3n) is 7.54. The molecule has 4 rings (SSSR count). The van der Waals surface area contributed by atoms with Gasteiger partial charge in [-0.2, -0.15) is 5.06 Å². The van der Waals surface area contributed by atoms with Crippen molar-refractivity contribution in [1.29, 1.82) is 0 Å². The first kappa shape index (κ1) is 25.3. The van der Waals surface area contributed by atoms with E-state index in [9.17, 15) is 9.90 Å². The molecule has 8 heteroatoms. The van der Waals surface area contributed by atoms with Crippen LogP contribution in [0.3, 0.4) is 0 Å². The Morgan fingerprint density at radius 2 is 1.61 bits per heavy atom. The van der Waals surface area contributed by atoms with Gasteiger partial charge in [-0.1, -0.05) is 0 Å². The second kappa shape index (κ2) is 8.14. The van der Waals surface area contributed by atoms with Crippen LogP contribution in [0.5, 0.6) is 0 Å². The Morgan fingerprint density at radius 3 is 2.18 bits per heavy atom. The van der Waals surface area contributed by atoms with E-state index in [1.165, 1.54) is 6.42 Å². The van der Waals surface area contributed by atoms with Crippen LogP contribution >= 0.6 is 0 Å². The predicted molar refractivity (Wildman–Crippen MR) is 123 cm³/mol. The molecule has 4 heterocycles. The van der Waals surface area contributed by atoms with E-state index in [2.05, 4.69) is 37.7 Å². The summed E-state index contributed by atoms with van der Waals surface area (Å²) in [5.74, 6) is -1.41. The third kappa shape index (κ3) is 4.71. The van der Waals surface area contributed by atoms with Crippen LogP contribution in [0.1, 0.15) is 88.0 Å². The Labute approximate surface area is 198 Å². The molecule has 0 aromatic rings. The van der Waals surface area contributed by atoms with E-state index in [0.717, 1.165) is 19.3 Å². The van der Waals surface area contributed by atoms with Crippen molar-refractivity contribution in [1.82, 2.24) is 9.96 Å². The van der Waals surface area contributed by atoms with Gasteiger partial charge in [-0.25, -0.2) is 4.79 Å². The second-order valence-corrected chi connectivity index (χ2v) is 13.0. The normalized spacial score (nSPS) is 38.7. The zero-order chi connectivity index (χ0) is 24.6. The number of piperidine rings is 1. The van der Waals surface area contributed by atoms with Crippen molar-refractivity contribution in [2.75, 3.05) is 6.54 Å². The number of rotatable bonds is 4. The highest BCUT2D eigenvalue weighted by Crippen LogP contribution is 2.48. The number of aliphatic hydroxyl groups excluding tert-OH is 1. The Hall–Kier alpha value is -0.770. The van der Waals surface area contributed by atoms with Gasteiger partial charge in [0.1, 0.15) is 17.8 Å². The van der Waals surface area contributed by atoms with Gasteiger partial charge in [0.05, 0.1) is 18.2 Å². The van der Waals surface area contributed by atoms with E-state index in [1.54, 1.807) is 20.8 Å². The molecule has 0 saturated carbocycles. The molecule has 0 bridgehead atoms. The zero-order valence-corrected chi connectivity index (χ0v) is 21.9. The van der Waals surface area contributed by atoms with Crippen molar-refractivity contribution >= 4 is 5.97 Å². The molecule has 0 amide bonds. The van der Waals surface area contributed by atoms with Crippen LogP contribution in [0, 0.1) is 0 Å². The summed E-state index contributed by atoms with van der Waals surface area (Å²) < 4.78 is 18.1. The van der Waals surface area contributed by atoms with Crippen LogP contribution in [-0.2, 0) is 23.8 Å². The van der Waals surface area contributed by atoms with Crippen molar-refractivity contribution in [3.63, 3.8) is 0 Å². The highest BCUT2D eigenvalue weighted by atomic mass is 16.8. The monoisotopic (exact) mass is 468 g/mol. The SMILES string of the molecule is CC(C)(C)OC(=O)[C@H](O)[C@H]1[C@@H]2OC(C)(C)O[C@@H]2[C@H]2[C@H](ON3C(C)(C)CCCC3(C)C)CCN12. The first-order valence-corrected chi connectivity index (χ1v) is 12.5. The van der Waals surface area contributed by atoms with E-state index in [-0.39, 0.29) is 29.3 Å². The van der Waals surface area contributed by atoms with Crippen LogP contribution in [0.2, 0.25) is 0 Å². The lowest BCUT2D eigenvalue weighted by Crippen LogP contribution is -2.60. The molecule has 0 unspecified atom stereocenters. The van der Waals surface area contributed by atoms with Gasteiger partial charge in [0, 0.05) is 17.6 Å². The Morgan fingerprint density at radius 1 is 1.03 bits per heavy atom. The summed E-state index contributed by atoms with van der Waals surface area (Å²) in [6, 6.07) is -0.639. The van der Waals surface area contributed by atoms with Crippen LogP contribution in [-0.4, -0.2) is 86.5 Å². The quantitative estimate of drug-likeness (QED) is 0.631. The second-order valence-electron chi connectivity index (χ2n) is 13.0. The number of aliphatic hydroxyl groups is 1. The maximum Gasteiger partial charge on any atom is 0.337 e. The van der Waals surface area contributed by atoms with Gasteiger partial charge >= 0.3 is 5.97 Å². The number of nitrogens with zero attached hydrogens (tertiary/aromatic N) is 2. The van der Waals surface area contributed by atoms with Gasteiger partial charge in [-0.3, -0.25) is 9.74 Å². The minimum atomic E-state index is -1.32. The fourth-order valence-corrected chi connectivity index (χ4v) is 6.47. The lowest BCUT2D eigenvalue weighted by molar-refractivity contribution is -0.310. The standard InChI is InChI=1S/C25H44N2O6/c1-22(2,3)32-21(29)18(28)17-20-19(30-25(8,9)31-20)16-15(11-14-26(16)17)33-27-23(4,5)12-10-13-24(27,6)7/h15-20,28H,10-14H2,1-9H3/t15-,16-,17+,18-,19-,20+/m1/s1. The molecule has 0 aromatic heterocycles. The molecule has 4 aliphatic heterocycles. The molecule has 0 radical (unpaired) electrons. The van der Waals surface area contributed by atoms with Gasteiger partial charge in [0.15, 0.2) is 11.9 Å². The molecule has 8 nitrogen and oxygen atoms in total. The summed E-state index contributed by atoms with van der Waals surface area (Å²) in [4.78, 5) is 21.8. The van der Waals surface area contributed by atoms with Gasteiger partial charge < -0.3 is 19.3 Å². The maximum absolute atomic E-state index is 12.8. The molecule has 4 aliphatic rings. The first-order valence-electron chi connectivity index (χ1n) is 12.5. The molecule has 0 aromatic carbocycles. The van der Waals surface area contributed by atoms with E-state index >= 15 is 0 Å². The van der Waals surface area contributed by atoms with Gasteiger partial charge in [-0.05, 0) is 88.0 Å². The number of esters is 1. The molecule has 4 saturated heterocycles. The molecule has 4 fully saturated rings. The molecule has 0 spiro atoms. The van der Waals surface area contributed by atoms with E-state index in [1.807, 2.05) is 13.8 Å². The number of carbonyl (C=O) groups excluding carboxylic acids is 1. The molecule has 190 valence electrons. The molecule has 6 atom stereocenters. The Balaban J connectivity index is 1.59. The molecule has 1 N–H and O–H groups in total. The minimum absolute atomic E-state index is 0.0745. The van der Waals surface area contributed by atoms with Crippen molar-refractivity contribution in [3.05, 3.63) is 0 Å². The van der Waals surface area contributed by atoms with Gasteiger partial charge in [0.2, 0.25) is 0 Å². The summed E-state index contributed by atoms with van der Waals surface area (Å²) in [5, 5.41) is 13.3. The fraction of sp³-hybridized carbons (Fsp3) is 0.960. The van der Waals surface area contributed by atoms with Crippen molar-refractivity contribution < 1.29 is 28.9 Å². The summed E-state index contributed by atoms with van der Waals surface area (Å²) >= 11 is 0. The fourth-order valence-electron chi connectivity index (χ4n) is 6.47. The first-order chi connectivity index (χ1) is 15.0. The number of hydrogen-bond donors (Lipinski definition) is 1. The smallest absolute Gasteiger partial charge is 0.337 e. The largest absolute Gasteiger partial charge is 0.458 e. The Bertz CT molecular complexity index is 744. The lowest BCUT2D eigenvalue weighted by atomic mass is 9.82. The number of hydrogen-bond acceptors (Lipinski definition) is 8. The van der Waals surface area contributed by atoms with Crippen LogP contribution in [0.25, 0.3) is 0 Å². The number of fused-ring (bicyclic) bond motifs is 3. The molecule has 0 aliphatic carbocycles. The van der Waals surface area contributed by atoms with E-state index in [0.29, 0.717) is 6.54 Å². The van der Waals surface area contributed by atoms with Gasteiger partial charge in [-0.15, -0.1) is 0 Å². The third-order valence-corrected chi connectivity index (χ3v) is 7.54. The zero-order valence-electron chi connectivity index (χ0n) is 21.9. The number of hydroxylamine groups is 2. The maximum atomic E-state index is 12.8. The van der Waals surface area contributed by atoms with Crippen molar-refractivity contribution in [2.45, 2.75) is 147 Å². The average molecular weight is 469 g/mol. The highest BCUT2D eigenvalue weighted by molar-refractivity contribution is 5.76.